The van der Waals surface area contributed by atoms with Gasteiger partial charge in [-0.15, -0.1) is 0 Å². The highest BCUT2D eigenvalue weighted by Crippen LogP contribution is 2.10. The molecular weight excluding hydrogens is 282 g/mol. The maximum absolute atomic E-state index is 11.9. The standard InChI is InChI=1S/C16H27N3O3/c1-6-15(20)19(8-12(4)5)9-14-18-13(10-22-14)16(21)17-7-11(2)3/h10-12H,6-9H2,1-5H3,(H,17,21). The maximum Gasteiger partial charge on any atom is 0.273 e. The summed E-state index contributed by atoms with van der Waals surface area (Å²) in [7, 11) is 0. The van der Waals surface area contributed by atoms with Crippen LogP contribution in [0.1, 0.15) is 57.4 Å². The molecule has 0 bridgehead atoms. The molecule has 1 rings (SSSR count). The fraction of sp³-hybridized carbons (Fsp3) is 0.688. The molecule has 0 fully saturated rings. The van der Waals surface area contributed by atoms with Gasteiger partial charge in [0.05, 0.1) is 6.54 Å². The van der Waals surface area contributed by atoms with Crippen LogP contribution in [0.2, 0.25) is 0 Å². The smallest absolute Gasteiger partial charge is 0.273 e. The van der Waals surface area contributed by atoms with E-state index in [2.05, 4.69) is 24.1 Å². The first-order valence-electron chi connectivity index (χ1n) is 7.83. The Morgan fingerprint density at radius 1 is 1.27 bits per heavy atom. The Morgan fingerprint density at radius 3 is 2.50 bits per heavy atom. The second-order valence-corrected chi connectivity index (χ2v) is 6.25. The normalized spacial score (nSPS) is 11.0. The van der Waals surface area contributed by atoms with Gasteiger partial charge in [-0.1, -0.05) is 34.6 Å². The van der Waals surface area contributed by atoms with E-state index in [9.17, 15) is 9.59 Å². The second kappa shape index (κ2) is 8.56. The summed E-state index contributed by atoms with van der Waals surface area (Å²) in [5.74, 6) is 0.925. The Balaban J connectivity index is 2.69. The Kier molecular flexibility index (Phi) is 7.08. The van der Waals surface area contributed by atoms with Crippen LogP contribution in [0.5, 0.6) is 0 Å². The monoisotopic (exact) mass is 309 g/mol. The number of nitrogens with one attached hydrogen (secondary N) is 1. The molecule has 1 aromatic heterocycles. The Morgan fingerprint density at radius 2 is 1.95 bits per heavy atom. The van der Waals surface area contributed by atoms with E-state index in [1.54, 1.807) is 4.90 Å². The van der Waals surface area contributed by atoms with Crippen molar-refractivity contribution in [3.8, 4) is 0 Å². The minimum Gasteiger partial charge on any atom is -0.446 e. The molecule has 2 amide bonds. The van der Waals surface area contributed by atoms with Crippen LogP contribution in [-0.4, -0.2) is 34.8 Å². The van der Waals surface area contributed by atoms with Gasteiger partial charge in [0.15, 0.2) is 5.69 Å². The fourth-order valence-corrected chi connectivity index (χ4v) is 1.96. The quantitative estimate of drug-likeness (QED) is 0.800. The highest BCUT2D eigenvalue weighted by Gasteiger charge is 2.18. The molecule has 0 radical (unpaired) electrons. The van der Waals surface area contributed by atoms with Crippen LogP contribution in [0.15, 0.2) is 10.7 Å². The molecule has 22 heavy (non-hydrogen) atoms. The van der Waals surface area contributed by atoms with Crippen molar-refractivity contribution >= 4 is 11.8 Å². The lowest BCUT2D eigenvalue weighted by Crippen LogP contribution is -2.33. The Labute approximate surface area is 132 Å². The van der Waals surface area contributed by atoms with Gasteiger partial charge in [-0.25, -0.2) is 4.98 Å². The lowest BCUT2D eigenvalue weighted by atomic mass is 10.2. The van der Waals surface area contributed by atoms with Crippen LogP contribution in [0.3, 0.4) is 0 Å². The first-order valence-corrected chi connectivity index (χ1v) is 7.83. The van der Waals surface area contributed by atoms with Crippen molar-refractivity contribution in [1.29, 1.82) is 0 Å². The van der Waals surface area contributed by atoms with Gasteiger partial charge in [0.25, 0.3) is 5.91 Å². The molecule has 0 spiro atoms. The number of oxazole rings is 1. The van der Waals surface area contributed by atoms with Crippen molar-refractivity contribution in [3.05, 3.63) is 17.8 Å². The highest BCUT2D eigenvalue weighted by molar-refractivity contribution is 5.91. The number of hydrogen-bond acceptors (Lipinski definition) is 4. The first-order chi connectivity index (χ1) is 10.3. The molecule has 0 atom stereocenters. The second-order valence-electron chi connectivity index (χ2n) is 6.25. The molecule has 1 aromatic rings. The van der Waals surface area contributed by atoms with Crippen LogP contribution in [0.4, 0.5) is 0 Å². The van der Waals surface area contributed by atoms with E-state index in [4.69, 9.17) is 4.42 Å². The summed E-state index contributed by atoms with van der Waals surface area (Å²) in [6, 6.07) is 0. The third kappa shape index (κ3) is 5.87. The molecule has 6 heteroatoms. The summed E-state index contributed by atoms with van der Waals surface area (Å²) in [6.45, 7) is 11.5. The molecule has 6 nitrogen and oxygen atoms in total. The number of amides is 2. The first kappa shape index (κ1) is 18.2. The van der Waals surface area contributed by atoms with Crippen LogP contribution in [0, 0.1) is 11.8 Å². The SMILES string of the molecule is CCC(=O)N(Cc1nc(C(=O)NCC(C)C)co1)CC(C)C. The van der Waals surface area contributed by atoms with Gasteiger partial charge in [0, 0.05) is 19.5 Å². The van der Waals surface area contributed by atoms with Crippen molar-refractivity contribution in [2.24, 2.45) is 11.8 Å². The number of nitrogens with zero attached hydrogens (tertiary/aromatic N) is 2. The predicted octanol–water partition coefficient (Wildman–Crippen LogP) is 2.46. The molecule has 0 saturated carbocycles. The van der Waals surface area contributed by atoms with E-state index in [0.717, 1.165) is 0 Å². The lowest BCUT2D eigenvalue weighted by Gasteiger charge is -2.22. The summed E-state index contributed by atoms with van der Waals surface area (Å²) in [4.78, 5) is 29.7. The number of aromatic nitrogens is 1. The summed E-state index contributed by atoms with van der Waals surface area (Å²) < 4.78 is 5.33. The summed E-state index contributed by atoms with van der Waals surface area (Å²) in [6.07, 6.45) is 1.78. The van der Waals surface area contributed by atoms with Crippen LogP contribution >= 0.6 is 0 Å². The van der Waals surface area contributed by atoms with Crippen molar-refractivity contribution in [2.75, 3.05) is 13.1 Å². The molecule has 0 saturated heterocycles. The van der Waals surface area contributed by atoms with Gasteiger partial charge < -0.3 is 14.6 Å². The third-order valence-corrected chi connectivity index (χ3v) is 3.02. The number of carbonyl (C=O) groups is 2. The van der Waals surface area contributed by atoms with E-state index >= 15 is 0 Å². The van der Waals surface area contributed by atoms with Crippen LogP contribution in [-0.2, 0) is 11.3 Å². The van der Waals surface area contributed by atoms with E-state index in [1.165, 1.54) is 6.26 Å². The van der Waals surface area contributed by atoms with Crippen LogP contribution in [0.25, 0.3) is 0 Å². The van der Waals surface area contributed by atoms with Gasteiger partial charge in [-0.3, -0.25) is 9.59 Å². The van der Waals surface area contributed by atoms with Crippen LogP contribution < -0.4 is 5.32 Å². The zero-order valence-electron chi connectivity index (χ0n) is 14.2. The zero-order valence-corrected chi connectivity index (χ0v) is 14.2. The topological polar surface area (TPSA) is 75.4 Å². The summed E-state index contributed by atoms with van der Waals surface area (Å²) >= 11 is 0. The zero-order chi connectivity index (χ0) is 16.7. The minimum atomic E-state index is -0.249. The van der Waals surface area contributed by atoms with Gasteiger partial charge in [-0.05, 0) is 11.8 Å². The molecule has 124 valence electrons. The van der Waals surface area contributed by atoms with Gasteiger partial charge in [-0.2, -0.15) is 0 Å². The minimum absolute atomic E-state index is 0.0534. The van der Waals surface area contributed by atoms with Crippen molar-refractivity contribution < 1.29 is 14.0 Å². The van der Waals surface area contributed by atoms with Gasteiger partial charge >= 0.3 is 0 Å². The van der Waals surface area contributed by atoms with Crippen molar-refractivity contribution in [3.63, 3.8) is 0 Å². The molecule has 0 aliphatic heterocycles. The van der Waals surface area contributed by atoms with Gasteiger partial charge in [0.2, 0.25) is 11.8 Å². The average Bonchev–Trinajstić information content (AvgIpc) is 2.91. The van der Waals surface area contributed by atoms with E-state index in [1.807, 2.05) is 20.8 Å². The molecular formula is C16H27N3O3. The van der Waals surface area contributed by atoms with E-state index in [0.29, 0.717) is 43.8 Å². The summed E-state index contributed by atoms with van der Waals surface area (Å²) in [5, 5.41) is 2.79. The van der Waals surface area contributed by atoms with E-state index in [-0.39, 0.29) is 17.5 Å². The maximum atomic E-state index is 11.9. The number of hydrogen-bond donors (Lipinski definition) is 1. The third-order valence-electron chi connectivity index (χ3n) is 3.02. The lowest BCUT2D eigenvalue weighted by molar-refractivity contribution is -0.132. The van der Waals surface area contributed by atoms with Crippen molar-refractivity contribution in [2.45, 2.75) is 47.6 Å². The molecule has 1 N–H and O–H groups in total. The molecule has 1 heterocycles. The average molecular weight is 309 g/mol. The molecule has 0 aromatic carbocycles. The largest absolute Gasteiger partial charge is 0.446 e. The summed E-state index contributed by atoms with van der Waals surface area (Å²) in [5.41, 5.74) is 0.254. The predicted molar refractivity (Wildman–Crippen MR) is 84.2 cm³/mol. The Bertz CT molecular complexity index is 495. The number of rotatable bonds is 8. The molecule has 0 aliphatic carbocycles. The molecule has 0 aliphatic rings. The van der Waals surface area contributed by atoms with Gasteiger partial charge in [0.1, 0.15) is 6.26 Å². The van der Waals surface area contributed by atoms with E-state index < -0.39 is 0 Å². The molecule has 0 unspecified atom stereocenters. The van der Waals surface area contributed by atoms with Crippen molar-refractivity contribution in [1.82, 2.24) is 15.2 Å². The fourth-order valence-electron chi connectivity index (χ4n) is 1.96. The number of carbonyl (C=O) groups excluding carboxylic acids is 2. The highest BCUT2D eigenvalue weighted by atomic mass is 16.3. The Hall–Kier alpha value is -1.85.